The Bertz CT molecular complexity index is 1030. The number of carbonyl (C=O) groups is 2. The number of aryl methyl sites for hydroxylation is 2. The van der Waals surface area contributed by atoms with Crippen LogP contribution in [0.5, 0.6) is 11.5 Å². The molecule has 1 spiro atoms. The summed E-state index contributed by atoms with van der Waals surface area (Å²) in [5, 5.41) is 4.15. The number of hydrogen-bond acceptors (Lipinski definition) is 6. The number of benzene rings is 2. The van der Waals surface area contributed by atoms with Crippen molar-refractivity contribution in [2.75, 3.05) is 19.1 Å². The summed E-state index contributed by atoms with van der Waals surface area (Å²) in [6, 6.07) is 11.0. The third-order valence-corrected chi connectivity index (χ3v) is 5.44. The molecule has 1 fully saturated rings. The van der Waals surface area contributed by atoms with Crippen LogP contribution in [0, 0.1) is 13.8 Å². The van der Waals surface area contributed by atoms with E-state index in [9.17, 15) is 9.59 Å². The Hall–Kier alpha value is -3.35. The molecule has 2 aliphatic rings. The molecule has 2 heterocycles. The van der Waals surface area contributed by atoms with Gasteiger partial charge in [0.05, 0.1) is 32.0 Å². The van der Waals surface area contributed by atoms with E-state index in [0.717, 1.165) is 16.7 Å². The summed E-state index contributed by atoms with van der Waals surface area (Å²) in [4.78, 5) is 33.0. The van der Waals surface area contributed by atoms with E-state index in [1.807, 2.05) is 38.1 Å². The fourth-order valence-corrected chi connectivity index (χ4v) is 3.96. The molecular formula is C22H22N2O5. The summed E-state index contributed by atoms with van der Waals surface area (Å²) in [5.74, 6) is 0.494. The van der Waals surface area contributed by atoms with Crippen molar-refractivity contribution in [3.05, 3.63) is 53.1 Å². The minimum Gasteiger partial charge on any atom is -0.493 e. The van der Waals surface area contributed by atoms with Gasteiger partial charge in [-0.25, -0.2) is 4.90 Å². The number of para-hydroxylation sites is 1. The Morgan fingerprint density at radius 1 is 1.00 bits per heavy atom. The van der Waals surface area contributed by atoms with Crippen molar-refractivity contribution in [1.29, 1.82) is 0 Å². The van der Waals surface area contributed by atoms with Crippen LogP contribution in [0.1, 0.15) is 29.5 Å². The molecule has 2 amide bonds. The summed E-state index contributed by atoms with van der Waals surface area (Å²) in [5.41, 5.74) is 2.41. The van der Waals surface area contributed by atoms with Gasteiger partial charge in [0.15, 0.2) is 11.5 Å². The molecule has 7 heteroatoms. The number of anilines is 1. The number of nitrogens with zero attached hydrogens (tertiary/aromatic N) is 2. The third-order valence-electron chi connectivity index (χ3n) is 5.44. The highest BCUT2D eigenvalue weighted by Crippen LogP contribution is 2.41. The van der Waals surface area contributed by atoms with E-state index in [1.165, 1.54) is 4.90 Å². The molecule has 0 aromatic heterocycles. The first kappa shape index (κ1) is 19.0. The van der Waals surface area contributed by atoms with E-state index >= 15 is 0 Å². The minimum atomic E-state index is -1.30. The number of imide groups is 1. The van der Waals surface area contributed by atoms with E-state index in [1.54, 1.807) is 26.4 Å². The molecule has 0 bridgehead atoms. The second-order valence-electron chi connectivity index (χ2n) is 7.32. The van der Waals surface area contributed by atoms with Gasteiger partial charge in [-0.1, -0.05) is 23.4 Å². The highest BCUT2D eigenvalue weighted by Gasteiger charge is 2.58. The fourth-order valence-electron chi connectivity index (χ4n) is 3.96. The number of carbonyl (C=O) groups excluding carboxylic acids is 2. The van der Waals surface area contributed by atoms with Crippen LogP contribution in [0.2, 0.25) is 0 Å². The largest absolute Gasteiger partial charge is 0.493 e. The van der Waals surface area contributed by atoms with Crippen molar-refractivity contribution in [2.45, 2.75) is 32.3 Å². The molecule has 1 atom stereocenters. The number of oxime groups is 1. The van der Waals surface area contributed by atoms with E-state index in [-0.39, 0.29) is 24.7 Å². The van der Waals surface area contributed by atoms with Crippen LogP contribution in [0.15, 0.2) is 41.6 Å². The van der Waals surface area contributed by atoms with Gasteiger partial charge in [0.2, 0.25) is 11.5 Å². The zero-order valence-corrected chi connectivity index (χ0v) is 16.8. The lowest BCUT2D eigenvalue weighted by molar-refractivity contribution is -0.136. The predicted molar refractivity (Wildman–Crippen MR) is 108 cm³/mol. The van der Waals surface area contributed by atoms with Crippen LogP contribution < -0.4 is 14.4 Å². The quantitative estimate of drug-likeness (QED) is 0.745. The Morgan fingerprint density at radius 2 is 1.69 bits per heavy atom. The Balaban J connectivity index is 1.64. The van der Waals surface area contributed by atoms with Crippen molar-refractivity contribution in [2.24, 2.45) is 5.16 Å². The monoisotopic (exact) mass is 394 g/mol. The maximum absolute atomic E-state index is 13.3. The summed E-state index contributed by atoms with van der Waals surface area (Å²) < 4.78 is 10.6. The van der Waals surface area contributed by atoms with E-state index in [2.05, 4.69) is 5.16 Å². The number of ether oxygens (including phenoxy) is 2. The molecule has 0 saturated carbocycles. The Kier molecular flexibility index (Phi) is 4.53. The Morgan fingerprint density at radius 3 is 2.34 bits per heavy atom. The lowest BCUT2D eigenvalue weighted by atomic mass is 9.92. The Labute approximate surface area is 168 Å². The van der Waals surface area contributed by atoms with Crippen LogP contribution in [-0.2, 0) is 14.4 Å². The molecule has 0 N–H and O–H groups in total. The molecule has 0 aliphatic carbocycles. The van der Waals surface area contributed by atoms with Gasteiger partial charge in [0.1, 0.15) is 0 Å². The first-order valence-electron chi connectivity index (χ1n) is 9.31. The van der Waals surface area contributed by atoms with E-state index < -0.39 is 5.60 Å². The standard InChI is InChI=1S/C22H22N2O5/c1-13-6-5-7-14(2)20(13)24-19(25)12-22(21(24)26)11-16(23-29-22)15-8-9-17(27-3)18(10-15)28-4/h5-10H,11-12H2,1-4H3/t22-/m1/s1. The summed E-state index contributed by atoms with van der Waals surface area (Å²) in [7, 11) is 3.12. The number of rotatable bonds is 4. The molecule has 7 nitrogen and oxygen atoms in total. The summed E-state index contributed by atoms with van der Waals surface area (Å²) >= 11 is 0. The lowest BCUT2D eigenvalue weighted by Crippen LogP contribution is -2.41. The van der Waals surface area contributed by atoms with Crippen LogP contribution in [0.3, 0.4) is 0 Å². The van der Waals surface area contributed by atoms with Gasteiger partial charge in [-0.2, -0.15) is 0 Å². The van der Waals surface area contributed by atoms with E-state index in [4.69, 9.17) is 14.3 Å². The maximum Gasteiger partial charge on any atom is 0.281 e. The average molecular weight is 394 g/mol. The second kappa shape index (κ2) is 6.92. The molecule has 0 radical (unpaired) electrons. The zero-order chi connectivity index (χ0) is 20.8. The number of methoxy groups -OCH3 is 2. The normalized spacial score (nSPS) is 20.8. The molecule has 150 valence electrons. The first-order chi connectivity index (χ1) is 13.9. The van der Waals surface area contributed by atoms with Crippen LogP contribution in [-0.4, -0.2) is 37.3 Å². The van der Waals surface area contributed by atoms with E-state index in [0.29, 0.717) is 22.9 Å². The lowest BCUT2D eigenvalue weighted by Gasteiger charge is -2.22. The zero-order valence-electron chi connectivity index (χ0n) is 16.8. The molecular weight excluding hydrogens is 372 g/mol. The highest BCUT2D eigenvalue weighted by atomic mass is 16.7. The number of hydrogen-bond donors (Lipinski definition) is 0. The SMILES string of the molecule is COc1ccc(C2=NO[C@@]3(CC(=O)N(c4c(C)cccc4C)C3=O)C2)cc1OC. The summed E-state index contributed by atoms with van der Waals surface area (Å²) in [6.07, 6.45) is 0.175. The van der Waals surface area contributed by atoms with Gasteiger partial charge in [-0.05, 0) is 43.2 Å². The van der Waals surface area contributed by atoms with Crippen LogP contribution >= 0.6 is 0 Å². The van der Waals surface area contributed by atoms with Crippen molar-refractivity contribution in [3.8, 4) is 11.5 Å². The topological polar surface area (TPSA) is 77.4 Å². The predicted octanol–water partition coefficient (Wildman–Crippen LogP) is 3.15. The number of amides is 2. The second-order valence-corrected chi connectivity index (χ2v) is 7.32. The smallest absolute Gasteiger partial charge is 0.281 e. The molecule has 2 aromatic rings. The van der Waals surface area contributed by atoms with Gasteiger partial charge < -0.3 is 14.3 Å². The third kappa shape index (κ3) is 2.93. The van der Waals surface area contributed by atoms with Crippen molar-refractivity contribution in [1.82, 2.24) is 0 Å². The molecule has 0 unspecified atom stereocenters. The van der Waals surface area contributed by atoms with Gasteiger partial charge in [-0.15, -0.1) is 0 Å². The molecule has 29 heavy (non-hydrogen) atoms. The maximum atomic E-state index is 13.3. The molecule has 2 aromatic carbocycles. The van der Waals surface area contributed by atoms with Gasteiger partial charge in [-0.3, -0.25) is 9.59 Å². The van der Waals surface area contributed by atoms with Crippen molar-refractivity contribution in [3.63, 3.8) is 0 Å². The summed E-state index contributed by atoms with van der Waals surface area (Å²) in [6.45, 7) is 3.77. The van der Waals surface area contributed by atoms with Crippen LogP contribution in [0.25, 0.3) is 0 Å². The molecule has 2 aliphatic heterocycles. The minimum absolute atomic E-state index is 0.0418. The highest BCUT2D eigenvalue weighted by molar-refractivity contribution is 6.26. The molecule has 1 saturated heterocycles. The van der Waals surface area contributed by atoms with Gasteiger partial charge in [0.25, 0.3) is 5.91 Å². The molecule has 4 rings (SSSR count). The van der Waals surface area contributed by atoms with Gasteiger partial charge in [0, 0.05) is 12.0 Å². The van der Waals surface area contributed by atoms with Gasteiger partial charge >= 0.3 is 0 Å². The van der Waals surface area contributed by atoms with Crippen LogP contribution in [0.4, 0.5) is 5.69 Å². The van der Waals surface area contributed by atoms with Crippen molar-refractivity contribution < 1.29 is 23.9 Å². The van der Waals surface area contributed by atoms with Crippen molar-refractivity contribution >= 4 is 23.2 Å². The fraction of sp³-hybridized carbons (Fsp3) is 0.318. The average Bonchev–Trinajstić information content (AvgIpc) is 3.24. The first-order valence-corrected chi connectivity index (χ1v) is 9.31.